The van der Waals surface area contributed by atoms with Crippen molar-refractivity contribution < 1.29 is 0 Å². The largest absolute Gasteiger partial charge is 0.304 e. The van der Waals surface area contributed by atoms with E-state index in [1.54, 1.807) is 28.0 Å². The quantitative estimate of drug-likeness (QED) is 0.519. The maximum absolute atomic E-state index is 12.5. The second-order valence-electron chi connectivity index (χ2n) is 6.65. The third-order valence-corrected chi connectivity index (χ3v) is 4.79. The van der Waals surface area contributed by atoms with Crippen LogP contribution in [-0.2, 0) is 7.05 Å². The predicted octanol–water partition coefficient (Wildman–Crippen LogP) is 2.07. The fourth-order valence-corrected chi connectivity index (χ4v) is 3.28. The lowest BCUT2D eigenvalue weighted by molar-refractivity contribution is 0.556. The van der Waals surface area contributed by atoms with Gasteiger partial charge in [0, 0.05) is 24.8 Å². The SMILES string of the molecule is CC(c1ccc2ncccc2c1)n1nnc2c(=O)[nH]c(-c3cnn(C)c3)nc21. The average molecular weight is 372 g/mol. The van der Waals surface area contributed by atoms with Gasteiger partial charge in [-0.3, -0.25) is 14.5 Å². The fourth-order valence-electron chi connectivity index (χ4n) is 3.28. The minimum atomic E-state index is -0.329. The van der Waals surface area contributed by atoms with Crippen LogP contribution in [0.25, 0.3) is 33.5 Å². The Labute approximate surface area is 158 Å². The van der Waals surface area contributed by atoms with Crippen molar-refractivity contribution >= 4 is 22.1 Å². The topological polar surface area (TPSA) is 107 Å². The Kier molecular flexibility index (Phi) is 3.54. The van der Waals surface area contributed by atoms with Crippen LogP contribution in [0.4, 0.5) is 0 Å². The predicted molar refractivity (Wildman–Crippen MR) is 104 cm³/mol. The van der Waals surface area contributed by atoms with Crippen LogP contribution < -0.4 is 5.56 Å². The summed E-state index contributed by atoms with van der Waals surface area (Å²) in [5, 5.41) is 13.4. The van der Waals surface area contributed by atoms with E-state index in [0.29, 0.717) is 11.5 Å². The van der Waals surface area contributed by atoms with Crippen molar-refractivity contribution in [1.82, 2.24) is 39.7 Å². The van der Waals surface area contributed by atoms with E-state index in [-0.39, 0.29) is 17.1 Å². The Balaban J connectivity index is 1.65. The van der Waals surface area contributed by atoms with E-state index < -0.39 is 0 Å². The van der Waals surface area contributed by atoms with Gasteiger partial charge in [0.25, 0.3) is 5.56 Å². The van der Waals surface area contributed by atoms with Crippen molar-refractivity contribution in [2.24, 2.45) is 7.05 Å². The summed E-state index contributed by atoms with van der Waals surface area (Å²) in [4.78, 5) is 24.2. The molecule has 0 radical (unpaired) electrons. The molecule has 5 aromatic rings. The van der Waals surface area contributed by atoms with Gasteiger partial charge in [0.1, 0.15) is 5.82 Å². The smallest absolute Gasteiger partial charge is 0.281 e. The Morgan fingerprint density at radius 1 is 1.21 bits per heavy atom. The molecule has 4 aromatic heterocycles. The van der Waals surface area contributed by atoms with E-state index in [1.165, 1.54) is 0 Å². The zero-order valence-electron chi connectivity index (χ0n) is 15.2. The van der Waals surface area contributed by atoms with Crippen molar-refractivity contribution in [1.29, 1.82) is 0 Å². The zero-order chi connectivity index (χ0) is 19.3. The maximum atomic E-state index is 12.5. The van der Waals surface area contributed by atoms with Gasteiger partial charge < -0.3 is 4.98 Å². The molecular weight excluding hydrogens is 356 g/mol. The molecule has 9 heteroatoms. The van der Waals surface area contributed by atoms with Crippen molar-refractivity contribution in [3.63, 3.8) is 0 Å². The summed E-state index contributed by atoms with van der Waals surface area (Å²) in [5.41, 5.74) is 2.99. The summed E-state index contributed by atoms with van der Waals surface area (Å²) in [6.45, 7) is 2.00. The van der Waals surface area contributed by atoms with Gasteiger partial charge in [-0.15, -0.1) is 5.10 Å². The van der Waals surface area contributed by atoms with E-state index in [1.807, 2.05) is 38.2 Å². The molecule has 1 atom stereocenters. The summed E-state index contributed by atoms with van der Waals surface area (Å²) in [6, 6.07) is 9.80. The van der Waals surface area contributed by atoms with Crippen LogP contribution in [0.5, 0.6) is 0 Å². The first kappa shape index (κ1) is 16.3. The summed E-state index contributed by atoms with van der Waals surface area (Å²) in [6.07, 6.45) is 5.21. The minimum Gasteiger partial charge on any atom is -0.304 e. The second-order valence-corrected chi connectivity index (χ2v) is 6.65. The monoisotopic (exact) mass is 372 g/mol. The summed E-state index contributed by atoms with van der Waals surface area (Å²) in [7, 11) is 1.81. The molecule has 5 rings (SSSR count). The van der Waals surface area contributed by atoms with Gasteiger partial charge in [0.05, 0.1) is 23.3 Å². The molecule has 0 spiro atoms. The lowest BCUT2D eigenvalue weighted by Crippen LogP contribution is -2.13. The highest BCUT2D eigenvalue weighted by atomic mass is 16.1. The van der Waals surface area contributed by atoms with Gasteiger partial charge in [-0.25, -0.2) is 9.67 Å². The number of nitrogens with zero attached hydrogens (tertiary/aromatic N) is 7. The highest BCUT2D eigenvalue weighted by Gasteiger charge is 2.18. The van der Waals surface area contributed by atoms with Crippen molar-refractivity contribution in [2.75, 3.05) is 0 Å². The number of aromatic nitrogens is 8. The third kappa shape index (κ3) is 2.56. The van der Waals surface area contributed by atoms with Gasteiger partial charge >= 0.3 is 0 Å². The molecule has 1 unspecified atom stereocenters. The van der Waals surface area contributed by atoms with E-state index in [0.717, 1.165) is 22.0 Å². The van der Waals surface area contributed by atoms with E-state index in [4.69, 9.17) is 0 Å². The molecule has 28 heavy (non-hydrogen) atoms. The molecule has 138 valence electrons. The fraction of sp³-hybridized carbons (Fsp3) is 0.158. The Morgan fingerprint density at radius 3 is 2.93 bits per heavy atom. The lowest BCUT2D eigenvalue weighted by Gasteiger charge is -2.13. The first-order chi connectivity index (χ1) is 13.6. The molecule has 0 bridgehead atoms. The molecule has 0 aliphatic carbocycles. The number of benzene rings is 1. The number of fused-ring (bicyclic) bond motifs is 2. The summed E-state index contributed by atoms with van der Waals surface area (Å²) in [5.74, 6) is 0.434. The van der Waals surface area contributed by atoms with E-state index in [2.05, 4.69) is 36.4 Å². The van der Waals surface area contributed by atoms with Crippen LogP contribution in [0.15, 0.2) is 53.7 Å². The maximum Gasteiger partial charge on any atom is 0.281 e. The molecule has 1 aromatic carbocycles. The number of pyridine rings is 1. The molecule has 0 aliphatic heterocycles. The van der Waals surface area contributed by atoms with Crippen LogP contribution >= 0.6 is 0 Å². The first-order valence-corrected chi connectivity index (χ1v) is 8.79. The van der Waals surface area contributed by atoms with Gasteiger partial charge in [0.15, 0.2) is 11.2 Å². The number of H-pyrrole nitrogens is 1. The van der Waals surface area contributed by atoms with Crippen molar-refractivity contribution in [3.05, 3.63) is 64.8 Å². The molecule has 0 aliphatic rings. The number of aryl methyl sites for hydroxylation is 1. The van der Waals surface area contributed by atoms with Crippen LogP contribution in [0, 0.1) is 0 Å². The number of rotatable bonds is 3. The van der Waals surface area contributed by atoms with Crippen LogP contribution in [0.3, 0.4) is 0 Å². The molecular formula is C19H16N8O. The molecule has 0 saturated heterocycles. The molecule has 0 fully saturated rings. The molecule has 1 N–H and O–H groups in total. The van der Waals surface area contributed by atoms with Crippen molar-refractivity contribution in [2.45, 2.75) is 13.0 Å². The second kappa shape index (κ2) is 6.08. The molecule has 0 amide bonds. The highest BCUT2D eigenvalue weighted by Crippen LogP contribution is 2.24. The molecule has 4 heterocycles. The van der Waals surface area contributed by atoms with Gasteiger partial charge in [-0.1, -0.05) is 17.3 Å². The minimum absolute atomic E-state index is 0.161. The van der Waals surface area contributed by atoms with E-state index >= 15 is 0 Å². The van der Waals surface area contributed by atoms with E-state index in [9.17, 15) is 4.79 Å². The van der Waals surface area contributed by atoms with Gasteiger partial charge in [-0.2, -0.15) is 5.10 Å². The first-order valence-electron chi connectivity index (χ1n) is 8.79. The Bertz CT molecular complexity index is 1380. The van der Waals surface area contributed by atoms with Crippen LogP contribution in [0.1, 0.15) is 18.5 Å². The summed E-state index contributed by atoms with van der Waals surface area (Å²) < 4.78 is 3.32. The third-order valence-electron chi connectivity index (χ3n) is 4.79. The number of hydrogen-bond donors (Lipinski definition) is 1. The Hall–Kier alpha value is -3.88. The zero-order valence-corrected chi connectivity index (χ0v) is 15.2. The van der Waals surface area contributed by atoms with Crippen LogP contribution in [0.2, 0.25) is 0 Å². The highest BCUT2D eigenvalue weighted by molar-refractivity contribution is 5.79. The lowest BCUT2D eigenvalue weighted by atomic mass is 10.1. The normalized spacial score (nSPS) is 12.6. The number of hydrogen-bond acceptors (Lipinski definition) is 6. The summed E-state index contributed by atoms with van der Waals surface area (Å²) >= 11 is 0. The van der Waals surface area contributed by atoms with Gasteiger partial charge in [-0.05, 0) is 30.7 Å². The number of aromatic amines is 1. The van der Waals surface area contributed by atoms with Crippen molar-refractivity contribution in [3.8, 4) is 11.4 Å². The standard InChI is InChI=1S/C19H16N8O/c1-11(12-5-6-15-13(8-12)4-3-7-20-15)27-18-16(24-25-27)19(28)23-17(22-18)14-9-21-26(2)10-14/h3-11H,1-2H3,(H,22,23,28). The molecule has 9 nitrogen and oxygen atoms in total. The van der Waals surface area contributed by atoms with Gasteiger partial charge in [0.2, 0.25) is 0 Å². The number of nitrogens with one attached hydrogen (secondary N) is 1. The average Bonchev–Trinajstić information content (AvgIpc) is 3.33. The van der Waals surface area contributed by atoms with Crippen LogP contribution in [-0.4, -0.2) is 39.7 Å². The Morgan fingerprint density at radius 2 is 2.11 bits per heavy atom. The molecule has 0 saturated carbocycles.